The summed E-state index contributed by atoms with van der Waals surface area (Å²) in [5.41, 5.74) is 0. The van der Waals surface area contributed by atoms with Crippen molar-refractivity contribution in [3.63, 3.8) is 0 Å². The Kier molecular flexibility index (Phi) is 66.6. The summed E-state index contributed by atoms with van der Waals surface area (Å²) in [5, 5.41) is 0. The summed E-state index contributed by atoms with van der Waals surface area (Å²) >= 11 is 0. The minimum absolute atomic E-state index is 0.0795. The SMILES string of the molecule is CCCCC/C=C\C/C=C\CCCCCCCC(=O)OCC(COC(=O)CCCCCCCCCCCCCC/C=C\C/C=C\C/C=C\CCCCCCC)OC(=O)CCCCCCCCCCC/C=C\CCCCCCCCCC. The molecule has 0 saturated heterocycles. The lowest BCUT2D eigenvalue weighted by atomic mass is 10.0. The highest BCUT2D eigenvalue weighted by atomic mass is 16.6. The second-order valence-corrected chi connectivity index (χ2v) is 23.8. The third-order valence-corrected chi connectivity index (χ3v) is 15.7. The quantitative estimate of drug-likeness (QED) is 0.0261. The molecule has 470 valence electrons. The molecule has 0 radical (unpaired) electrons. The van der Waals surface area contributed by atoms with Crippen molar-refractivity contribution in [3.8, 4) is 0 Å². The molecule has 6 nitrogen and oxygen atoms in total. The molecule has 0 fully saturated rings. The van der Waals surface area contributed by atoms with E-state index < -0.39 is 6.10 Å². The van der Waals surface area contributed by atoms with Crippen molar-refractivity contribution in [1.82, 2.24) is 0 Å². The molecular weight excluding hydrogens is 997 g/mol. The first kappa shape index (κ1) is 77.9. The van der Waals surface area contributed by atoms with Crippen LogP contribution in [0.1, 0.15) is 367 Å². The fourth-order valence-electron chi connectivity index (χ4n) is 10.3. The zero-order chi connectivity index (χ0) is 58.5. The van der Waals surface area contributed by atoms with E-state index in [1.165, 1.54) is 238 Å². The van der Waals surface area contributed by atoms with Crippen LogP contribution in [0.4, 0.5) is 0 Å². The smallest absolute Gasteiger partial charge is 0.306 e. The molecule has 0 amide bonds. The number of hydrogen-bond acceptors (Lipinski definition) is 6. The summed E-state index contributed by atoms with van der Waals surface area (Å²) in [6.07, 6.45) is 90.6. The largest absolute Gasteiger partial charge is 0.462 e. The van der Waals surface area contributed by atoms with Gasteiger partial charge in [0.05, 0.1) is 0 Å². The predicted molar refractivity (Wildman–Crippen MR) is 353 cm³/mol. The lowest BCUT2D eigenvalue weighted by Crippen LogP contribution is -2.30. The lowest BCUT2D eigenvalue weighted by molar-refractivity contribution is -0.167. The van der Waals surface area contributed by atoms with Crippen LogP contribution in [0, 0.1) is 0 Å². The molecule has 1 unspecified atom stereocenters. The molecule has 0 rings (SSSR count). The molecule has 0 aliphatic carbocycles. The number of rotatable bonds is 65. The molecular formula is C75H134O6. The molecule has 0 heterocycles. The topological polar surface area (TPSA) is 78.9 Å². The summed E-state index contributed by atoms with van der Waals surface area (Å²) in [4.78, 5) is 38.4. The molecule has 0 bridgehead atoms. The average molecular weight is 1130 g/mol. The highest BCUT2D eigenvalue weighted by Gasteiger charge is 2.19. The van der Waals surface area contributed by atoms with Crippen LogP contribution >= 0.6 is 0 Å². The van der Waals surface area contributed by atoms with Crippen molar-refractivity contribution in [2.75, 3.05) is 13.2 Å². The molecule has 6 heteroatoms. The Morgan fingerprint density at radius 1 is 0.247 bits per heavy atom. The first-order chi connectivity index (χ1) is 40.0. The van der Waals surface area contributed by atoms with Crippen LogP contribution < -0.4 is 0 Å². The molecule has 0 aromatic heterocycles. The van der Waals surface area contributed by atoms with Crippen LogP contribution in [0.15, 0.2) is 72.9 Å². The number of unbranched alkanes of at least 4 members (excludes halogenated alkanes) is 42. The molecule has 81 heavy (non-hydrogen) atoms. The van der Waals surface area contributed by atoms with Crippen LogP contribution in [0.25, 0.3) is 0 Å². The molecule has 0 aliphatic rings. The van der Waals surface area contributed by atoms with E-state index in [9.17, 15) is 14.4 Å². The number of esters is 3. The Morgan fingerprint density at radius 2 is 0.444 bits per heavy atom. The van der Waals surface area contributed by atoms with Gasteiger partial charge in [0.1, 0.15) is 13.2 Å². The first-order valence-corrected chi connectivity index (χ1v) is 35.4. The highest BCUT2D eigenvalue weighted by Crippen LogP contribution is 2.17. The molecule has 0 saturated carbocycles. The third-order valence-electron chi connectivity index (χ3n) is 15.7. The van der Waals surface area contributed by atoms with E-state index >= 15 is 0 Å². The zero-order valence-corrected chi connectivity index (χ0v) is 54.1. The van der Waals surface area contributed by atoms with Crippen LogP contribution in [0.5, 0.6) is 0 Å². The van der Waals surface area contributed by atoms with Crippen LogP contribution in [0.2, 0.25) is 0 Å². The maximum atomic E-state index is 13.0. The summed E-state index contributed by atoms with van der Waals surface area (Å²) in [5.74, 6) is -0.878. The monoisotopic (exact) mass is 1130 g/mol. The molecule has 0 N–H and O–H groups in total. The number of hydrogen-bond donors (Lipinski definition) is 0. The first-order valence-electron chi connectivity index (χ1n) is 35.4. The number of carbonyl (C=O) groups is 3. The maximum Gasteiger partial charge on any atom is 0.306 e. The third kappa shape index (κ3) is 67.5. The predicted octanol–water partition coefficient (Wildman–Crippen LogP) is 24.4. The Bertz CT molecular complexity index is 1490. The van der Waals surface area contributed by atoms with Gasteiger partial charge < -0.3 is 14.2 Å². The minimum Gasteiger partial charge on any atom is -0.462 e. The minimum atomic E-state index is -0.785. The second kappa shape index (κ2) is 69.3. The standard InChI is InChI=1S/C75H134O6/c1-4-7-10-13-16-19-22-25-28-30-32-34-35-36-37-38-39-41-42-44-47-50-53-56-59-62-65-68-74(77)80-71-72(70-79-73(76)67-64-61-58-55-52-49-46-27-24-21-18-15-12-9-6-3)81-75(78)69-66-63-60-57-54-51-48-45-43-40-33-31-29-26-23-20-17-14-11-8-5-2/h18,21-22,25,27,30-33,35-36,46,72H,4-17,19-20,23-24,26,28-29,34,37-45,47-71H2,1-3H3/b21-18-,25-22-,32-30-,33-31-,36-35-,46-27-. The van der Waals surface area contributed by atoms with E-state index in [1.807, 2.05) is 0 Å². The van der Waals surface area contributed by atoms with Gasteiger partial charge in [0.2, 0.25) is 0 Å². The molecule has 0 aromatic rings. The van der Waals surface area contributed by atoms with Gasteiger partial charge in [0, 0.05) is 19.3 Å². The summed E-state index contributed by atoms with van der Waals surface area (Å²) in [6, 6.07) is 0. The normalized spacial score (nSPS) is 12.5. The fraction of sp³-hybridized carbons (Fsp3) is 0.800. The fourth-order valence-corrected chi connectivity index (χ4v) is 10.3. The van der Waals surface area contributed by atoms with Crippen LogP contribution in [-0.4, -0.2) is 37.2 Å². The van der Waals surface area contributed by atoms with Gasteiger partial charge >= 0.3 is 17.9 Å². The van der Waals surface area contributed by atoms with Crippen molar-refractivity contribution >= 4 is 17.9 Å². The van der Waals surface area contributed by atoms with Gasteiger partial charge in [0.25, 0.3) is 0 Å². The van der Waals surface area contributed by atoms with E-state index in [0.717, 1.165) is 89.9 Å². The van der Waals surface area contributed by atoms with Gasteiger partial charge in [-0.2, -0.15) is 0 Å². The van der Waals surface area contributed by atoms with Crippen molar-refractivity contribution < 1.29 is 28.6 Å². The van der Waals surface area contributed by atoms with E-state index in [1.54, 1.807) is 0 Å². The van der Waals surface area contributed by atoms with Crippen molar-refractivity contribution in [3.05, 3.63) is 72.9 Å². The van der Waals surface area contributed by atoms with Gasteiger partial charge in [-0.1, -0.05) is 306 Å². The summed E-state index contributed by atoms with van der Waals surface area (Å²) in [7, 11) is 0. The van der Waals surface area contributed by atoms with Gasteiger partial charge in [-0.15, -0.1) is 0 Å². The Labute approximate surface area is 503 Å². The van der Waals surface area contributed by atoms with E-state index in [-0.39, 0.29) is 31.1 Å². The van der Waals surface area contributed by atoms with Gasteiger partial charge in [-0.05, 0) is 116 Å². The maximum absolute atomic E-state index is 13.0. The van der Waals surface area contributed by atoms with E-state index in [4.69, 9.17) is 14.2 Å². The average Bonchev–Trinajstić information content (AvgIpc) is 3.47. The second-order valence-electron chi connectivity index (χ2n) is 23.8. The van der Waals surface area contributed by atoms with Crippen LogP contribution in [0.3, 0.4) is 0 Å². The van der Waals surface area contributed by atoms with Gasteiger partial charge in [-0.3, -0.25) is 14.4 Å². The van der Waals surface area contributed by atoms with Crippen molar-refractivity contribution in [2.45, 2.75) is 374 Å². The van der Waals surface area contributed by atoms with Crippen molar-refractivity contribution in [1.29, 1.82) is 0 Å². The molecule has 0 aliphatic heterocycles. The summed E-state index contributed by atoms with van der Waals surface area (Å²) in [6.45, 7) is 6.64. The zero-order valence-electron chi connectivity index (χ0n) is 54.1. The van der Waals surface area contributed by atoms with E-state index in [2.05, 4.69) is 93.7 Å². The van der Waals surface area contributed by atoms with Crippen LogP contribution in [-0.2, 0) is 28.6 Å². The number of allylic oxidation sites excluding steroid dienone is 12. The van der Waals surface area contributed by atoms with E-state index in [0.29, 0.717) is 19.3 Å². The lowest BCUT2D eigenvalue weighted by Gasteiger charge is -2.18. The number of carbonyl (C=O) groups excluding carboxylic acids is 3. The Balaban J connectivity index is 4.31. The van der Waals surface area contributed by atoms with Crippen molar-refractivity contribution in [2.24, 2.45) is 0 Å². The Hall–Kier alpha value is -3.15. The Morgan fingerprint density at radius 3 is 0.728 bits per heavy atom. The molecule has 0 spiro atoms. The highest BCUT2D eigenvalue weighted by molar-refractivity contribution is 5.71. The molecule has 1 atom stereocenters. The number of ether oxygens (including phenoxy) is 3. The summed E-state index contributed by atoms with van der Waals surface area (Å²) < 4.78 is 17.0. The van der Waals surface area contributed by atoms with Gasteiger partial charge in [-0.25, -0.2) is 0 Å². The molecule has 0 aromatic carbocycles. The van der Waals surface area contributed by atoms with Gasteiger partial charge in [0.15, 0.2) is 6.10 Å².